The number of nitrogens with one attached hydrogen (secondary N) is 1. The fraction of sp³-hybridized carbons (Fsp3) is 0.385. The van der Waals surface area contributed by atoms with Gasteiger partial charge in [-0.05, 0) is 34.8 Å². The van der Waals surface area contributed by atoms with Gasteiger partial charge in [-0.1, -0.05) is 0 Å². The summed E-state index contributed by atoms with van der Waals surface area (Å²) in [5, 5.41) is 4.97. The predicted molar refractivity (Wildman–Crippen MR) is 78.6 cm³/mol. The van der Waals surface area contributed by atoms with Gasteiger partial charge in [0.25, 0.3) is 5.91 Å². The van der Waals surface area contributed by atoms with Crippen molar-refractivity contribution in [3.8, 4) is 0 Å². The molecule has 1 aliphatic rings. The van der Waals surface area contributed by atoms with Crippen molar-refractivity contribution in [2.45, 2.75) is 25.3 Å². The Morgan fingerprint density at radius 2 is 2.42 bits per heavy atom. The maximum absolute atomic E-state index is 12.2. The molecule has 4 nitrogen and oxygen atoms in total. The van der Waals surface area contributed by atoms with Crippen LogP contribution >= 0.6 is 27.3 Å². The zero-order chi connectivity index (χ0) is 13.2. The smallest absolute Gasteiger partial charge is 0.267 e. The number of hydrogen-bond acceptors (Lipinski definition) is 3. The second kappa shape index (κ2) is 5.46. The van der Waals surface area contributed by atoms with Gasteiger partial charge in [-0.15, -0.1) is 11.3 Å². The largest absolute Gasteiger partial charge is 0.350 e. The highest BCUT2D eigenvalue weighted by Crippen LogP contribution is 2.37. The number of nitrogens with zero attached hydrogens (tertiary/aromatic N) is 2. The highest BCUT2D eigenvalue weighted by molar-refractivity contribution is 9.10. The van der Waals surface area contributed by atoms with Gasteiger partial charge in [0.05, 0.1) is 11.2 Å². The van der Waals surface area contributed by atoms with Crippen LogP contribution in [0.5, 0.6) is 0 Å². The summed E-state index contributed by atoms with van der Waals surface area (Å²) in [6.07, 6.45) is 5.11. The Bertz CT molecular complexity index is 575. The Hall–Kier alpha value is -1.14. The van der Waals surface area contributed by atoms with Gasteiger partial charge in [-0.3, -0.25) is 4.79 Å². The van der Waals surface area contributed by atoms with E-state index < -0.39 is 0 Å². The predicted octanol–water partition coefficient (Wildman–Crippen LogP) is 3.01. The van der Waals surface area contributed by atoms with Crippen molar-refractivity contribution < 1.29 is 4.79 Å². The van der Waals surface area contributed by atoms with E-state index in [0.717, 1.165) is 22.3 Å². The molecule has 3 rings (SSSR count). The lowest BCUT2D eigenvalue weighted by atomic mass is 10.3. The van der Waals surface area contributed by atoms with E-state index in [9.17, 15) is 4.79 Å². The lowest BCUT2D eigenvalue weighted by Crippen LogP contribution is -2.27. The molecule has 0 unspecified atom stereocenters. The van der Waals surface area contributed by atoms with Gasteiger partial charge in [0.2, 0.25) is 0 Å². The van der Waals surface area contributed by atoms with Crippen molar-refractivity contribution in [3.05, 3.63) is 39.0 Å². The van der Waals surface area contributed by atoms with Gasteiger partial charge >= 0.3 is 0 Å². The summed E-state index contributed by atoms with van der Waals surface area (Å²) in [7, 11) is 0. The lowest BCUT2D eigenvalue weighted by Gasteiger charge is -2.08. The molecule has 0 aromatic carbocycles. The second-order valence-corrected chi connectivity index (χ2v) is 6.30. The van der Waals surface area contributed by atoms with Crippen LogP contribution in [0.3, 0.4) is 0 Å². The minimum Gasteiger partial charge on any atom is -0.350 e. The number of thiazole rings is 1. The van der Waals surface area contributed by atoms with E-state index in [4.69, 9.17) is 0 Å². The number of rotatable bonds is 5. The van der Waals surface area contributed by atoms with Crippen molar-refractivity contribution >= 4 is 33.2 Å². The molecule has 1 N–H and O–H groups in total. The minimum absolute atomic E-state index is 0.00664. The van der Waals surface area contributed by atoms with E-state index in [1.807, 2.05) is 23.2 Å². The van der Waals surface area contributed by atoms with Crippen LogP contribution < -0.4 is 5.32 Å². The van der Waals surface area contributed by atoms with Crippen molar-refractivity contribution in [2.24, 2.45) is 0 Å². The van der Waals surface area contributed by atoms with E-state index in [1.165, 1.54) is 12.8 Å². The van der Waals surface area contributed by atoms with Crippen LogP contribution in [0, 0.1) is 0 Å². The summed E-state index contributed by atoms with van der Waals surface area (Å²) in [4.78, 5) is 16.4. The highest BCUT2D eigenvalue weighted by atomic mass is 79.9. The number of carbonyl (C=O) groups is 1. The third-order valence-corrected chi connectivity index (χ3v) is 4.21. The van der Waals surface area contributed by atoms with Gasteiger partial charge in [-0.2, -0.15) is 0 Å². The third-order valence-electron chi connectivity index (χ3n) is 3.14. The number of hydrogen-bond donors (Lipinski definition) is 1. The Balaban J connectivity index is 1.60. The first-order chi connectivity index (χ1) is 9.24. The van der Waals surface area contributed by atoms with Crippen molar-refractivity contribution in [1.29, 1.82) is 0 Å². The van der Waals surface area contributed by atoms with Gasteiger partial charge in [0.1, 0.15) is 5.69 Å². The quantitative estimate of drug-likeness (QED) is 0.910. The molecule has 2 aromatic rings. The summed E-state index contributed by atoms with van der Waals surface area (Å²) in [6, 6.07) is 2.39. The van der Waals surface area contributed by atoms with Crippen LogP contribution in [0.1, 0.15) is 35.1 Å². The second-order valence-electron chi connectivity index (χ2n) is 4.67. The molecule has 1 fully saturated rings. The molecule has 0 saturated heterocycles. The molecule has 1 aliphatic carbocycles. The minimum atomic E-state index is -0.00664. The first-order valence-corrected chi connectivity index (χ1v) is 8.00. The maximum atomic E-state index is 12.2. The number of halogens is 1. The van der Waals surface area contributed by atoms with Gasteiger partial charge in [0.15, 0.2) is 0 Å². The summed E-state index contributed by atoms with van der Waals surface area (Å²) in [6.45, 7) is 0.621. The van der Waals surface area contributed by atoms with Crippen molar-refractivity contribution in [1.82, 2.24) is 14.9 Å². The number of amides is 1. The number of carbonyl (C=O) groups excluding carboxylic acids is 1. The Morgan fingerprint density at radius 1 is 1.58 bits per heavy atom. The zero-order valence-corrected chi connectivity index (χ0v) is 12.7. The van der Waals surface area contributed by atoms with Crippen LogP contribution in [0.4, 0.5) is 0 Å². The number of aromatic nitrogens is 2. The first kappa shape index (κ1) is 12.9. The van der Waals surface area contributed by atoms with E-state index in [2.05, 4.69) is 30.8 Å². The molecule has 0 bridgehead atoms. The Morgan fingerprint density at radius 3 is 3.11 bits per heavy atom. The third kappa shape index (κ3) is 3.06. The van der Waals surface area contributed by atoms with Crippen LogP contribution in [0.15, 0.2) is 27.6 Å². The molecule has 0 atom stereocenters. The molecule has 2 heterocycles. The molecular weight excluding hydrogens is 326 g/mol. The highest BCUT2D eigenvalue weighted by Gasteiger charge is 2.27. The monoisotopic (exact) mass is 339 g/mol. The molecule has 1 saturated carbocycles. The van der Waals surface area contributed by atoms with Gasteiger partial charge < -0.3 is 9.88 Å². The Kier molecular flexibility index (Phi) is 3.70. The molecule has 0 aliphatic heterocycles. The van der Waals surface area contributed by atoms with Crippen LogP contribution in [0.25, 0.3) is 0 Å². The summed E-state index contributed by atoms with van der Waals surface area (Å²) in [5.41, 5.74) is 3.59. The van der Waals surface area contributed by atoms with Crippen molar-refractivity contribution in [3.63, 3.8) is 0 Å². The lowest BCUT2D eigenvalue weighted by molar-refractivity contribution is 0.0944. The van der Waals surface area contributed by atoms with Gasteiger partial charge in [-0.25, -0.2) is 4.98 Å². The molecule has 0 spiro atoms. The van der Waals surface area contributed by atoms with Gasteiger partial charge in [0, 0.05) is 35.1 Å². The maximum Gasteiger partial charge on any atom is 0.267 e. The molecule has 2 aromatic heterocycles. The average Bonchev–Trinajstić information content (AvgIpc) is 2.96. The summed E-state index contributed by atoms with van der Waals surface area (Å²) in [5.74, 6) is -0.00664. The molecule has 0 radical (unpaired) electrons. The molecule has 6 heteroatoms. The van der Waals surface area contributed by atoms with E-state index in [1.54, 1.807) is 11.3 Å². The molecule has 1 amide bonds. The van der Waals surface area contributed by atoms with Crippen LogP contribution in [-0.2, 0) is 6.42 Å². The fourth-order valence-electron chi connectivity index (χ4n) is 2.04. The Labute approximate surface area is 124 Å². The summed E-state index contributed by atoms with van der Waals surface area (Å²) < 4.78 is 3.03. The topological polar surface area (TPSA) is 46.9 Å². The van der Waals surface area contributed by atoms with E-state index in [0.29, 0.717) is 12.6 Å². The van der Waals surface area contributed by atoms with Crippen molar-refractivity contribution in [2.75, 3.05) is 6.54 Å². The first-order valence-electron chi connectivity index (χ1n) is 6.26. The zero-order valence-electron chi connectivity index (χ0n) is 10.3. The normalized spacial score (nSPS) is 14.6. The summed E-state index contributed by atoms with van der Waals surface area (Å²) >= 11 is 5.02. The molecular formula is C13H14BrN3OS. The van der Waals surface area contributed by atoms with E-state index >= 15 is 0 Å². The SMILES string of the molecule is O=C(NCCc1cscn1)c1cc(Br)cn1C1CC1. The molecule has 100 valence electrons. The standard InChI is InChI=1S/C13H14BrN3OS/c14-9-5-12(17(6-9)11-1-2-11)13(18)15-4-3-10-7-19-8-16-10/h5-8,11H,1-4H2,(H,15,18). The molecule has 19 heavy (non-hydrogen) atoms. The van der Waals surface area contributed by atoms with E-state index in [-0.39, 0.29) is 5.91 Å². The van der Waals surface area contributed by atoms with Crippen LogP contribution in [0.2, 0.25) is 0 Å². The van der Waals surface area contributed by atoms with Crippen LogP contribution in [-0.4, -0.2) is 22.0 Å². The fourth-order valence-corrected chi connectivity index (χ4v) is 3.07. The average molecular weight is 340 g/mol.